The predicted octanol–water partition coefficient (Wildman–Crippen LogP) is 2.55. The van der Waals surface area contributed by atoms with Crippen LogP contribution in [0, 0.1) is 0 Å². The molecule has 2 rings (SSSR count). The summed E-state index contributed by atoms with van der Waals surface area (Å²) >= 11 is 1.76. The zero-order valence-corrected chi connectivity index (χ0v) is 11.8. The van der Waals surface area contributed by atoms with Crippen molar-refractivity contribution in [2.75, 3.05) is 12.4 Å². The Morgan fingerprint density at radius 1 is 1.47 bits per heavy atom. The number of amides is 1. The van der Waals surface area contributed by atoms with Crippen LogP contribution in [0.3, 0.4) is 0 Å². The van der Waals surface area contributed by atoms with Crippen LogP contribution in [0.2, 0.25) is 0 Å². The zero-order chi connectivity index (χ0) is 13.7. The average Bonchev–Trinajstić information content (AvgIpc) is 2.90. The summed E-state index contributed by atoms with van der Waals surface area (Å²) in [7, 11) is 1.60. The molecule has 4 nitrogen and oxygen atoms in total. The monoisotopic (exact) mass is 275 g/mol. The summed E-state index contributed by atoms with van der Waals surface area (Å²) in [4.78, 5) is 16.9. The van der Waals surface area contributed by atoms with Crippen molar-refractivity contribution in [1.29, 1.82) is 0 Å². The van der Waals surface area contributed by atoms with E-state index < -0.39 is 0 Å². The number of pyridine rings is 1. The second-order valence-corrected chi connectivity index (χ2v) is 5.37. The molecular weight excluding hydrogens is 258 g/mol. The molecule has 0 saturated heterocycles. The van der Waals surface area contributed by atoms with E-state index in [2.05, 4.69) is 40.1 Å². The largest absolute Gasteiger partial charge is 0.382 e. The fourth-order valence-corrected chi connectivity index (χ4v) is 2.67. The third-order valence-corrected chi connectivity index (χ3v) is 3.62. The maximum atomic E-state index is 11.5. The highest BCUT2D eigenvalue weighted by Gasteiger charge is 2.08. The average molecular weight is 275 g/mol. The number of thiophene rings is 1. The first-order chi connectivity index (χ1) is 9.19. The number of hydrogen-bond acceptors (Lipinski definition) is 4. The first-order valence-corrected chi connectivity index (χ1v) is 7.04. The van der Waals surface area contributed by atoms with Gasteiger partial charge in [0.15, 0.2) is 0 Å². The highest BCUT2D eigenvalue weighted by molar-refractivity contribution is 7.09. The molecule has 0 aromatic carbocycles. The van der Waals surface area contributed by atoms with Crippen molar-refractivity contribution < 1.29 is 4.79 Å². The summed E-state index contributed by atoms with van der Waals surface area (Å²) in [5, 5.41) is 8.04. The molecule has 2 heterocycles. The van der Waals surface area contributed by atoms with Gasteiger partial charge in [0.1, 0.15) is 5.69 Å². The van der Waals surface area contributed by atoms with Gasteiger partial charge in [-0.3, -0.25) is 9.78 Å². The molecule has 0 saturated carbocycles. The number of anilines is 1. The fourth-order valence-electron chi connectivity index (χ4n) is 1.84. The molecular formula is C14H17N3OS. The Hall–Kier alpha value is -1.88. The van der Waals surface area contributed by atoms with Crippen LogP contribution in [0.4, 0.5) is 5.69 Å². The minimum Gasteiger partial charge on any atom is -0.382 e. The second kappa shape index (κ2) is 6.33. The third-order valence-electron chi connectivity index (χ3n) is 2.72. The Balaban J connectivity index is 2.00. The number of carbonyl (C=O) groups excluding carboxylic acids is 1. The summed E-state index contributed by atoms with van der Waals surface area (Å²) in [6.45, 7) is 2.12. The predicted molar refractivity (Wildman–Crippen MR) is 78.7 cm³/mol. The first kappa shape index (κ1) is 13.5. The van der Waals surface area contributed by atoms with Crippen molar-refractivity contribution in [2.24, 2.45) is 0 Å². The highest BCUT2D eigenvalue weighted by Crippen LogP contribution is 2.15. The molecule has 0 radical (unpaired) electrons. The van der Waals surface area contributed by atoms with Crippen molar-refractivity contribution in [3.63, 3.8) is 0 Å². The SMILES string of the molecule is CNC(=O)c1cc(NC(C)Cc2cccs2)ccn1. The van der Waals surface area contributed by atoms with E-state index in [1.807, 2.05) is 6.07 Å². The van der Waals surface area contributed by atoms with Crippen LogP contribution in [0.1, 0.15) is 22.3 Å². The quantitative estimate of drug-likeness (QED) is 0.881. The second-order valence-electron chi connectivity index (χ2n) is 4.34. The van der Waals surface area contributed by atoms with Crippen LogP contribution in [0.15, 0.2) is 35.8 Å². The van der Waals surface area contributed by atoms with Gasteiger partial charge >= 0.3 is 0 Å². The Morgan fingerprint density at radius 3 is 3.00 bits per heavy atom. The van der Waals surface area contributed by atoms with E-state index in [1.165, 1.54) is 4.88 Å². The van der Waals surface area contributed by atoms with E-state index in [9.17, 15) is 4.79 Å². The molecule has 1 unspecified atom stereocenters. The molecule has 0 aliphatic carbocycles. The minimum atomic E-state index is -0.172. The number of carbonyl (C=O) groups is 1. The number of hydrogen-bond donors (Lipinski definition) is 2. The first-order valence-electron chi connectivity index (χ1n) is 6.16. The molecule has 0 aliphatic rings. The summed E-state index contributed by atoms with van der Waals surface area (Å²) in [6.07, 6.45) is 2.61. The van der Waals surface area contributed by atoms with Crippen molar-refractivity contribution in [3.8, 4) is 0 Å². The smallest absolute Gasteiger partial charge is 0.269 e. The van der Waals surface area contributed by atoms with Gasteiger partial charge in [-0.25, -0.2) is 0 Å². The van der Waals surface area contributed by atoms with E-state index in [4.69, 9.17) is 0 Å². The maximum absolute atomic E-state index is 11.5. The van der Waals surface area contributed by atoms with Gasteiger partial charge in [0, 0.05) is 36.3 Å². The van der Waals surface area contributed by atoms with Gasteiger partial charge in [-0.05, 0) is 30.5 Å². The topological polar surface area (TPSA) is 54.0 Å². The zero-order valence-electron chi connectivity index (χ0n) is 11.0. The van der Waals surface area contributed by atoms with Crippen LogP contribution in [-0.4, -0.2) is 24.0 Å². The van der Waals surface area contributed by atoms with Gasteiger partial charge in [-0.1, -0.05) is 6.07 Å². The lowest BCUT2D eigenvalue weighted by Crippen LogP contribution is -2.21. The van der Waals surface area contributed by atoms with Gasteiger partial charge in [0.25, 0.3) is 5.91 Å². The Kier molecular flexibility index (Phi) is 4.52. The minimum absolute atomic E-state index is 0.172. The molecule has 1 atom stereocenters. The van der Waals surface area contributed by atoms with Crippen molar-refractivity contribution >= 4 is 22.9 Å². The Morgan fingerprint density at radius 2 is 2.32 bits per heavy atom. The molecule has 2 aromatic rings. The summed E-state index contributed by atoms with van der Waals surface area (Å²) < 4.78 is 0. The molecule has 0 aliphatic heterocycles. The van der Waals surface area contributed by atoms with Crippen LogP contribution >= 0.6 is 11.3 Å². The number of aromatic nitrogens is 1. The van der Waals surface area contributed by atoms with Crippen molar-refractivity contribution in [2.45, 2.75) is 19.4 Å². The molecule has 100 valence electrons. The van der Waals surface area contributed by atoms with Crippen LogP contribution < -0.4 is 10.6 Å². The Bertz CT molecular complexity index is 539. The third kappa shape index (κ3) is 3.79. The van der Waals surface area contributed by atoms with Crippen molar-refractivity contribution in [3.05, 3.63) is 46.4 Å². The summed E-state index contributed by atoms with van der Waals surface area (Å²) in [6, 6.07) is 8.13. The standard InChI is InChI=1S/C14H17N3OS/c1-10(8-12-4-3-7-19-12)17-11-5-6-16-13(9-11)14(18)15-2/h3-7,9-10H,8H2,1-2H3,(H,15,18)(H,16,17). The summed E-state index contributed by atoms with van der Waals surface area (Å²) in [5.41, 5.74) is 1.34. The fraction of sp³-hybridized carbons (Fsp3) is 0.286. The van der Waals surface area contributed by atoms with Crippen LogP contribution in [-0.2, 0) is 6.42 Å². The molecule has 2 aromatic heterocycles. The Labute approximate surface area is 116 Å². The van der Waals surface area contributed by atoms with Gasteiger partial charge in [0.05, 0.1) is 0 Å². The number of nitrogens with one attached hydrogen (secondary N) is 2. The van der Waals surface area contributed by atoms with Crippen LogP contribution in [0.5, 0.6) is 0 Å². The van der Waals surface area contributed by atoms with E-state index in [-0.39, 0.29) is 5.91 Å². The molecule has 2 N–H and O–H groups in total. The molecule has 0 spiro atoms. The van der Waals surface area contributed by atoms with E-state index in [0.29, 0.717) is 11.7 Å². The van der Waals surface area contributed by atoms with Crippen LogP contribution in [0.25, 0.3) is 0 Å². The molecule has 1 amide bonds. The van der Waals surface area contributed by atoms with Crippen molar-refractivity contribution in [1.82, 2.24) is 10.3 Å². The van der Waals surface area contributed by atoms with E-state index in [0.717, 1.165) is 12.1 Å². The number of rotatable bonds is 5. The number of nitrogens with zero attached hydrogens (tertiary/aromatic N) is 1. The molecule has 0 fully saturated rings. The van der Waals surface area contributed by atoms with Gasteiger partial charge < -0.3 is 10.6 Å². The summed E-state index contributed by atoms with van der Waals surface area (Å²) in [5.74, 6) is -0.172. The van der Waals surface area contributed by atoms with Gasteiger partial charge in [-0.15, -0.1) is 11.3 Å². The van der Waals surface area contributed by atoms with E-state index >= 15 is 0 Å². The molecule has 5 heteroatoms. The lowest BCUT2D eigenvalue weighted by molar-refractivity contribution is 0.0958. The van der Waals surface area contributed by atoms with Gasteiger partial charge in [-0.2, -0.15) is 0 Å². The lowest BCUT2D eigenvalue weighted by atomic mass is 10.2. The van der Waals surface area contributed by atoms with Gasteiger partial charge in [0.2, 0.25) is 0 Å². The molecule has 0 bridgehead atoms. The normalized spacial score (nSPS) is 11.9. The highest BCUT2D eigenvalue weighted by atomic mass is 32.1. The molecule has 19 heavy (non-hydrogen) atoms. The lowest BCUT2D eigenvalue weighted by Gasteiger charge is -2.14. The maximum Gasteiger partial charge on any atom is 0.269 e. The van der Waals surface area contributed by atoms with E-state index in [1.54, 1.807) is 30.6 Å².